The van der Waals surface area contributed by atoms with Gasteiger partial charge in [-0.1, -0.05) is 99.8 Å². The summed E-state index contributed by atoms with van der Waals surface area (Å²) in [6, 6.07) is 22.4. The summed E-state index contributed by atoms with van der Waals surface area (Å²) in [5, 5.41) is 2.86. The summed E-state index contributed by atoms with van der Waals surface area (Å²) in [4.78, 5) is 11.6. The number of halogens is 1. The Kier molecular flexibility index (Phi) is 10.5. The summed E-state index contributed by atoms with van der Waals surface area (Å²) in [7, 11) is 0. The number of carbonyl (C=O) groups is 1. The van der Waals surface area contributed by atoms with E-state index in [1.807, 2.05) is 36.4 Å². The maximum Gasteiger partial charge on any atom is 0.246 e. The molecule has 1 amide bonds. The number of hydrogen-bond acceptors (Lipinski definition) is 1. The summed E-state index contributed by atoms with van der Waals surface area (Å²) in [5.74, 6) is 1.29. The average molecular weight is 526 g/mol. The number of rotatable bonds is 12. The third-order valence-electron chi connectivity index (χ3n) is 8.33. The lowest BCUT2D eigenvalue weighted by Gasteiger charge is -2.29. The summed E-state index contributed by atoms with van der Waals surface area (Å²) < 4.78 is 15.2. The molecule has 1 aliphatic rings. The maximum absolute atomic E-state index is 15.2. The Balaban J connectivity index is 1.31. The van der Waals surface area contributed by atoms with Crippen LogP contribution in [0, 0.1) is 11.7 Å². The predicted octanol–water partition coefficient (Wildman–Crippen LogP) is 9.64. The molecule has 4 rings (SSSR count). The lowest BCUT2D eigenvalue weighted by atomic mass is 9.77. The highest BCUT2D eigenvalue weighted by atomic mass is 19.1. The van der Waals surface area contributed by atoms with Crippen molar-refractivity contribution in [3.63, 3.8) is 0 Å². The molecule has 0 aliphatic heterocycles. The minimum atomic E-state index is -0.201. The minimum Gasteiger partial charge on any atom is -0.352 e. The predicted molar refractivity (Wildman–Crippen MR) is 162 cm³/mol. The van der Waals surface area contributed by atoms with E-state index >= 15 is 4.39 Å². The average Bonchev–Trinajstić information content (AvgIpc) is 2.96. The van der Waals surface area contributed by atoms with Crippen LogP contribution in [0.4, 0.5) is 4.39 Å². The molecule has 0 heterocycles. The molecule has 3 aromatic carbocycles. The first-order valence-corrected chi connectivity index (χ1v) is 14.9. The van der Waals surface area contributed by atoms with Crippen LogP contribution in [-0.2, 0) is 11.2 Å². The fourth-order valence-electron chi connectivity index (χ4n) is 5.84. The largest absolute Gasteiger partial charge is 0.352 e. The molecular weight excluding hydrogens is 481 g/mol. The molecule has 1 saturated carbocycles. The zero-order valence-corrected chi connectivity index (χ0v) is 23.8. The number of amides is 1. The quantitative estimate of drug-likeness (QED) is 0.185. The molecule has 0 unspecified atom stereocenters. The lowest BCUT2D eigenvalue weighted by molar-refractivity contribution is -0.117. The van der Waals surface area contributed by atoms with Gasteiger partial charge in [-0.15, -0.1) is 0 Å². The second-order valence-corrected chi connectivity index (χ2v) is 11.4. The molecule has 2 nitrogen and oxygen atoms in total. The molecule has 0 aromatic heterocycles. The Hall–Kier alpha value is -3.20. The molecule has 206 valence electrons. The van der Waals surface area contributed by atoms with E-state index < -0.39 is 0 Å². The van der Waals surface area contributed by atoms with Crippen molar-refractivity contribution >= 4 is 5.91 Å². The number of benzene rings is 3. The van der Waals surface area contributed by atoms with Gasteiger partial charge in [0, 0.05) is 17.7 Å². The third-order valence-corrected chi connectivity index (χ3v) is 8.33. The second-order valence-electron chi connectivity index (χ2n) is 11.4. The van der Waals surface area contributed by atoms with Gasteiger partial charge in [0.2, 0.25) is 5.91 Å². The normalized spacial score (nSPS) is 17.1. The summed E-state index contributed by atoms with van der Waals surface area (Å²) >= 11 is 0. The Morgan fingerprint density at radius 3 is 2.18 bits per heavy atom. The van der Waals surface area contributed by atoms with E-state index in [-0.39, 0.29) is 11.7 Å². The fraction of sp³-hybridized carbons (Fsp3) is 0.417. The Labute approximate surface area is 234 Å². The van der Waals surface area contributed by atoms with Crippen LogP contribution in [0.2, 0.25) is 0 Å². The van der Waals surface area contributed by atoms with Crippen LogP contribution in [0.3, 0.4) is 0 Å². The van der Waals surface area contributed by atoms with Crippen molar-refractivity contribution in [3.8, 4) is 22.3 Å². The van der Waals surface area contributed by atoms with Gasteiger partial charge in [0.15, 0.2) is 0 Å². The van der Waals surface area contributed by atoms with Crippen LogP contribution in [0.5, 0.6) is 0 Å². The van der Waals surface area contributed by atoms with E-state index in [1.54, 1.807) is 13.0 Å². The van der Waals surface area contributed by atoms with E-state index in [0.717, 1.165) is 35.4 Å². The molecule has 39 heavy (non-hydrogen) atoms. The monoisotopic (exact) mass is 525 g/mol. The Morgan fingerprint density at radius 1 is 0.872 bits per heavy atom. The molecule has 0 atom stereocenters. The number of aryl methyl sites for hydroxylation is 1. The van der Waals surface area contributed by atoms with Crippen molar-refractivity contribution < 1.29 is 9.18 Å². The maximum atomic E-state index is 15.2. The van der Waals surface area contributed by atoms with Gasteiger partial charge in [0.1, 0.15) is 5.82 Å². The molecule has 1 fully saturated rings. The van der Waals surface area contributed by atoms with E-state index in [4.69, 9.17) is 0 Å². The van der Waals surface area contributed by atoms with Crippen LogP contribution < -0.4 is 5.32 Å². The molecule has 0 radical (unpaired) electrons. The van der Waals surface area contributed by atoms with Crippen molar-refractivity contribution in [3.05, 3.63) is 95.8 Å². The second kappa shape index (κ2) is 14.3. The van der Waals surface area contributed by atoms with Crippen molar-refractivity contribution in [2.24, 2.45) is 5.92 Å². The van der Waals surface area contributed by atoms with Gasteiger partial charge in [-0.2, -0.15) is 0 Å². The highest BCUT2D eigenvalue weighted by Crippen LogP contribution is 2.38. The molecule has 0 bridgehead atoms. The van der Waals surface area contributed by atoms with Gasteiger partial charge in [-0.3, -0.25) is 4.79 Å². The first-order valence-electron chi connectivity index (χ1n) is 14.9. The Bertz CT molecular complexity index is 1220. The lowest BCUT2D eigenvalue weighted by Crippen LogP contribution is -2.24. The van der Waals surface area contributed by atoms with Crippen molar-refractivity contribution in [2.75, 3.05) is 6.54 Å². The minimum absolute atomic E-state index is 0.101. The van der Waals surface area contributed by atoms with Crippen LogP contribution in [0.1, 0.15) is 88.7 Å². The van der Waals surface area contributed by atoms with Crippen LogP contribution in [0.25, 0.3) is 22.3 Å². The Morgan fingerprint density at radius 2 is 1.54 bits per heavy atom. The van der Waals surface area contributed by atoms with Gasteiger partial charge in [0.05, 0.1) is 0 Å². The number of carbonyl (C=O) groups excluding carboxylic acids is 1. The van der Waals surface area contributed by atoms with Gasteiger partial charge < -0.3 is 5.32 Å². The standard InChI is InChI=1S/C36H44FNO/c1-4-5-6-8-27-10-14-29(15-11-27)30-18-20-31(21-19-30)33-22-23-34(35(37)25-33)32-16-12-28(13-17-32)9-7-24-38-36(39)26(2)3/h12-13,16-23,25,27,29H,2,4-11,14-15,24H2,1,3H3,(H,38,39). The molecule has 1 N–H and O–H groups in total. The van der Waals surface area contributed by atoms with E-state index in [0.29, 0.717) is 23.6 Å². The molecule has 0 saturated heterocycles. The highest BCUT2D eigenvalue weighted by Gasteiger charge is 2.22. The van der Waals surface area contributed by atoms with Crippen molar-refractivity contribution in [1.82, 2.24) is 5.32 Å². The topological polar surface area (TPSA) is 29.1 Å². The van der Waals surface area contributed by atoms with E-state index in [1.165, 1.54) is 62.5 Å². The van der Waals surface area contributed by atoms with Gasteiger partial charge in [-0.25, -0.2) is 4.39 Å². The third kappa shape index (κ3) is 8.14. The number of nitrogens with one attached hydrogen (secondary N) is 1. The summed E-state index contributed by atoms with van der Waals surface area (Å²) in [6.07, 6.45) is 12.5. The SMILES string of the molecule is C=C(C)C(=O)NCCCc1ccc(-c2ccc(-c3ccc(C4CCC(CCCCC)CC4)cc3)cc2F)cc1. The number of unbranched alkanes of at least 4 members (excludes halogenated alkanes) is 2. The summed E-state index contributed by atoms with van der Waals surface area (Å²) in [5.41, 5.74) is 6.59. The van der Waals surface area contributed by atoms with Gasteiger partial charge in [-0.05, 0) is 91.2 Å². The summed E-state index contributed by atoms with van der Waals surface area (Å²) in [6.45, 7) is 8.25. The fourth-order valence-corrected chi connectivity index (χ4v) is 5.84. The van der Waals surface area contributed by atoms with Gasteiger partial charge in [0.25, 0.3) is 0 Å². The van der Waals surface area contributed by atoms with Crippen molar-refractivity contribution in [1.29, 1.82) is 0 Å². The van der Waals surface area contributed by atoms with E-state index in [2.05, 4.69) is 43.1 Å². The van der Waals surface area contributed by atoms with Gasteiger partial charge >= 0.3 is 0 Å². The molecule has 3 heteroatoms. The van der Waals surface area contributed by atoms with E-state index in [9.17, 15) is 4.79 Å². The highest BCUT2D eigenvalue weighted by molar-refractivity contribution is 5.92. The van der Waals surface area contributed by atoms with Crippen LogP contribution >= 0.6 is 0 Å². The zero-order valence-electron chi connectivity index (χ0n) is 23.8. The van der Waals surface area contributed by atoms with Crippen molar-refractivity contribution in [2.45, 2.75) is 84.0 Å². The molecule has 1 aliphatic carbocycles. The first kappa shape index (κ1) is 28.8. The molecule has 3 aromatic rings. The number of hydrogen-bond donors (Lipinski definition) is 1. The van der Waals surface area contributed by atoms with Crippen LogP contribution in [0.15, 0.2) is 78.9 Å². The van der Waals surface area contributed by atoms with Crippen LogP contribution in [-0.4, -0.2) is 12.5 Å². The molecule has 0 spiro atoms. The molecular formula is C36H44FNO. The zero-order chi connectivity index (χ0) is 27.6. The first-order chi connectivity index (χ1) is 18.9. The smallest absolute Gasteiger partial charge is 0.246 e.